The number of rotatable bonds is 4. The van der Waals surface area contributed by atoms with Crippen LogP contribution in [0.25, 0.3) is 11.1 Å². The lowest BCUT2D eigenvalue weighted by molar-refractivity contribution is 0.251. The van der Waals surface area contributed by atoms with Gasteiger partial charge in [-0.3, -0.25) is 0 Å². The summed E-state index contributed by atoms with van der Waals surface area (Å²) in [5.74, 6) is 0.511. The van der Waals surface area contributed by atoms with E-state index in [1.165, 1.54) is 17.7 Å². The summed E-state index contributed by atoms with van der Waals surface area (Å²) in [6.07, 6.45) is 0.947. The zero-order chi connectivity index (χ0) is 18.6. The fraction of sp³-hybridized carbons (Fsp3) is 0.136. The second kappa shape index (κ2) is 7.50. The molecule has 1 aliphatic rings. The van der Waals surface area contributed by atoms with Crippen molar-refractivity contribution in [1.29, 1.82) is 0 Å². The molecular weight excluding hydrogens is 343 g/mol. The van der Waals surface area contributed by atoms with E-state index in [9.17, 15) is 9.18 Å². The summed E-state index contributed by atoms with van der Waals surface area (Å²) in [6.45, 7) is 1.11. The minimum absolute atomic E-state index is 0.158. The Morgan fingerprint density at radius 2 is 1.78 bits per heavy atom. The van der Waals surface area contributed by atoms with Gasteiger partial charge in [0.2, 0.25) is 0 Å². The topological polar surface area (TPSA) is 50.4 Å². The van der Waals surface area contributed by atoms with E-state index in [4.69, 9.17) is 4.74 Å². The molecule has 3 aromatic rings. The third-order valence-electron chi connectivity index (χ3n) is 4.55. The number of benzene rings is 3. The Morgan fingerprint density at radius 1 is 1.00 bits per heavy atom. The lowest BCUT2D eigenvalue weighted by atomic mass is 10.0. The molecule has 3 aromatic carbocycles. The summed E-state index contributed by atoms with van der Waals surface area (Å²) < 4.78 is 19.1. The number of carbonyl (C=O) groups excluding carboxylic acids is 1. The lowest BCUT2D eigenvalue weighted by Crippen LogP contribution is -2.28. The van der Waals surface area contributed by atoms with Gasteiger partial charge in [0, 0.05) is 13.0 Å². The first-order chi connectivity index (χ1) is 13.2. The number of urea groups is 1. The molecule has 0 bridgehead atoms. The van der Waals surface area contributed by atoms with Crippen molar-refractivity contribution in [3.05, 3.63) is 83.7 Å². The molecule has 0 spiro atoms. The molecule has 0 fully saturated rings. The van der Waals surface area contributed by atoms with Crippen molar-refractivity contribution in [2.45, 2.75) is 13.0 Å². The number of anilines is 1. The van der Waals surface area contributed by atoms with Crippen molar-refractivity contribution in [3.63, 3.8) is 0 Å². The van der Waals surface area contributed by atoms with Crippen LogP contribution in [0.3, 0.4) is 0 Å². The molecule has 5 heteroatoms. The van der Waals surface area contributed by atoms with Crippen LogP contribution in [0.15, 0.2) is 66.7 Å². The molecule has 2 N–H and O–H groups in total. The number of hydrogen-bond acceptors (Lipinski definition) is 2. The fourth-order valence-corrected chi connectivity index (χ4v) is 3.09. The maximum atomic E-state index is 13.6. The monoisotopic (exact) mass is 362 g/mol. The van der Waals surface area contributed by atoms with Crippen LogP contribution in [-0.4, -0.2) is 12.6 Å². The molecule has 0 unspecified atom stereocenters. The van der Waals surface area contributed by atoms with Gasteiger partial charge in [-0.25, -0.2) is 9.18 Å². The third-order valence-corrected chi connectivity index (χ3v) is 4.55. The summed E-state index contributed by atoms with van der Waals surface area (Å²) >= 11 is 0. The highest BCUT2D eigenvalue weighted by atomic mass is 19.1. The molecule has 27 heavy (non-hydrogen) atoms. The minimum Gasteiger partial charge on any atom is -0.493 e. The van der Waals surface area contributed by atoms with Crippen LogP contribution in [0.1, 0.15) is 11.1 Å². The normalized spacial score (nSPS) is 12.2. The van der Waals surface area contributed by atoms with Gasteiger partial charge in [-0.15, -0.1) is 0 Å². The number of halogens is 1. The minimum atomic E-state index is -0.461. The number of ether oxygens (including phenoxy) is 1. The van der Waals surface area contributed by atoms with Crippen LogP contribution < -0.4 is 15.4 Å². The molecule has 0 radical (unpaired) electrons. The Labute approximate surface area is 157 Å². The first-order valence-corrected chi connectivity index (χ1v) is 8.83. The van der Waals surface area contributed by atoms with Gasteiger partial charge in [-0.2, -0.15) is 0 Å². The summed E-state index contributed by atoms with van der Waals surface area (Å²) in [4.78, 5) is 11.9. The average Bonchev–Trinajstić information content (AvgIpc) is 3.16. The molecule has 1 aliphatic heterocycles. The van der Waals surface area contributed by atoms with Gasteiger partial charge in [-0.1, -0.05) is 42.5 Å². The number of nitrogens with one attached hydrogen (secondary N) is 2. The first kappa shape index (κ1) is 17.1. The number of hydrogen-bond donors (Lipinski definition) is 2. The van der Waals surface area contributed by atoms with Crippen LogP contribution in [-0.2, 0) is 13.0 Å². The van der Waals surface area contributed by atoms with Gasteiger partial charge in [0.25, 0.3) is 0 Å². The van der Waals surface area contributed by atoms with Crippen LogP contribution in [0, 0.1) is 5.82 Å². The quantitative estimate of drug-likeness (QED) is 0.704. The Balaban J connectivity index is 1.37. The number of carbonyl (C=O) groups is 1. The smallest absolute Gasteiger partial charge is 0.319 e. The maximum absolute atomic E-state index is 13.6. The highest BCUT2D eigenvalue weighted by Crippen LogP contribution is 2.30. The van der Waals surface area contributed by atoms with Crippen molar-refractivity contribution < 1.29 is 13.9 Å². The van der Waals surface area contributed by atoms with E-state index in [1.807, 2.05) is 30.3 Å². The van der Waals surface area contributed by atoms with Crippen molar-refractivity contribution in [2.24, 2.45) is 0 Å². The van der Waals surface area contributed by atoms with Crippen molar-refractivity contribution >= 4 is 11.7 Å². The van der Waals surface area contributed by atoms with Gasteiger partial charge in [-0.05, 0) is 46.5 Å². The second-order valence-electron chi connectivity index (χ2n) is 6.41. The zero-order valence-corrected chi connectivity index (χ0v) is 14.7. The molecule has 0 aromatic heterocycles. The Hall–Kier alpha value is -3.34. The van der Waals surface area contributed by atoms with E-state index in [2.05, 4.69) is 22.8 Å². The van der Waals surface area contributed by atoms with Crippen LogP contribution in [0.5, 0.6) is 5.75 Å². The largest absolute Gasteiger partial charge is 0.493 e. The van der Waals surface area contributed by atoms with E-state index in [1.54, 1.807) is 12.1 Å². The van der Waals surface area contributed by atoms with E-state index in [-0.39, 0.29) is 5.69 Å². The van der Waals surface area contributed by atoms with Gasteiger partial charge in [0.1, 0.15) is 11.6 Å². The average molecular weight is 362 g/mol. The van der Waals surface area contributed by atoms with Crippen LogP contribution in [0.2, 0.25) is 0 Å². The summed E-state index contributed by atoms with van der Waals surface area (Å²) in [5, 5.41) is 5.24. The Bertz CT molecular complexity index is 970. The van der Waals surface area contributed by atoms with Crippen molar-refractivity contribution in [2.75, 3.05) is 11.9 Å². The van der Waals surface area contributed by atoms with Gasteiger partial charge >= 0.3 is 6.03 Å². The molecule has 2 amide bonds. The fourth-order valence-electron chi connectivity index (χ4n) is 3.09. The Kier molecular flexibility index (Phi) is 4.75. The number of para-hydroxylation sites is 1. The molecule has 0 saturated carbocycles. The maximum Gasteiger partial charge on any atom is 0.319 e. The molecule has 4 rings (SSSR count). The second-order valence-corrected chi connectivity index (χ2v) is 6.41. The highest BCUT2D eigenvalue weighted by molar-refractivity contribution is 5.89. The summed E-state index contributed by atoms with van der Waals surface area (Å²) in [6, 6.07) is 19.9. The van der Waals surface area contributed by atoms with Gasteiger partial charge < -0.3 is 15.4 Å². The van der Waals surface area contributed by atoms with Gasteiger partial charge in [0.05, 0.1) is 12.3 Å². The molecular formula is C22H19FN2O2. The zero-order valence-electron chi connectivity index (χ0n) is 14.7. The standard InChI is InChI=1S/C22H19FN2O2/c23-19-3-1-2-4-20(19)25-22(26)24-14-15-5-7-16(8-6-15)17-9-10-21-18(13-17)11-12-27-21/h1-10,13H,11-12,14H2,(H2,24,25,26). The highest BCUT2D eigenvalue weighted by Gasteiger charge is 2.12. The van der Waals surface area contributed by atoms with Crippen molar-refractivity contribution in [3.8, 4) is 16.9 Å². The predicted molar refractivity (Wildman–Crippen MR) is 103 cm³/mol. The van der Waals surface area contributed by atoms with E-state index >= 15 is 0 Å². The Morgan fingerprint density at radius 3 is 2.59 bits per heavy atom. The number of fused-ring (bicyclic) bond motifs is 1. The SMILES string of the molecule is O=C(NCc1ccc(-c2ccc3c(c2)CCO3)cc1)Nc1ccccc1F. The first-order valence-electron chi connectivity index (χ1n) is 8.83. The van der Waals surface area contributed by atoms with Crippen LogP contribution in [0.4, 0.5) is 14.9 Å². The summed E-state index contributed by atoms with van der Waals surface area (Å²) in [7, 11) is 0. The lowest BCUT2D eigenvalue weighted by Gasteiger charge is -2.09. The van der Waals surface area contributed by atoms with E-state index < -0.39 is 11.8 Å². The van der Waals surface area contributed by atoms with E-state index in [0.29, 0.717) is 6.54 Å². The van der Waals surface area contributed by atoms with Gasteiger partial charge in [0.15, 0.2) is 0 Å². The molecule has 0 aliphatic carbocycles. The number of amides is 2. The van der Waals surface area contributed by atoms with Crippen LogP contribution >= 0.6 is 0 Å². The molecule has 0 atom stereocenters. The third kappa shape index (κ3) is 3.92. The molecule has 0 saturated heterocycles. The van der Waals surface area contributed by atoms with E-state index in [0.717, 1.165) is 35.5 Å². The predicted octanol–water partition coefficient (Wildman–Crippen LogP) is 4.75. The molecule has 136 valence electrons. The van der Waals surface area contributed by atoms with Crippen molar-refractivity contribution in [1.82, 2.24) is 5.32 Å². The molecule has 4 nitrogen and oxygen atoms in total. The molecule has 1 heterocycles. The summed E-state index contributed by atoms with van der Waals surface area (Å²) in [5.41, 5.74) is 4.63.